The fourth-order valence-corrected chi connectivity index (χ4v) is 5.17. The lowest BCUT2D eigenvalue weighted by atomic mass is 10.2. The van der Waals surface area contributed by atoms with Crippen LogP contribution < -0.4 is 4.74 Å². The van der Waals surface area contributed by atoms with E-state index in [9.17, 15) is 13.2 Å². The maximum Gasteiger partial charge on any atom is 0.243 e. The highest BCUT2D eigenvalue weighted by atomic mass is 32.2. The number of hydrogen-bond donors (Lipinski definition) is 0. The fraction of sp³-hybridized carbons (Fsp3) is 0.611. The molecule has 2 fully saturated rings. The Labute approximate surface area is 155 Å². The number of carbonyl (C=O) groups is 1. The third-order valence-electron chi connectivity index (χ3n) is 5.05. The molecule has 26 heavy (non-hydrogen) atoms. The first-order valence-corrected chi connectivity index (χ1v) is 10.6. The molecule has 2 aliphatic heterocycles. The molecule has 144 valence electrons. The summed E-state index contributed by atoms with van der Waals surface area (Å²) in [7, 11) is -1.67. The molecule has 0 aromatic heterocycles. The topological polar surface area (TPSA) is 70.2 Å². The Morgan fingerprint density at radius 1 is 1.12 bits per heavy atom. The van der Waals surface area contributed by atoms with Gasteiger partial charge in [0.15, 0.2) is 0 Å². The number of rotatable bonds is 5. The smallest absolute Gasteiger partial charge is 0.243 e. The third-order valence-corrected chi connectivity index (χ3v) is 6.97. The van der Waals surface area contributed by atoms with Crippen molar-refractivity contribution in [3.05, 3.63) is 24.3 Å². The summed E-state index contributed by atoms with van der Waals surface area (Å²) in [6, 6.07) is 5.83. The van der Waals surface area contributed by atoms with Crippen LogP contribution >= 0.6 is 0 Å². The van der Waals surface area contributed by atoms with E-state index in [1.165, 1.54) is 4.31 Å². The second-order valence-corrected chi connectivity index (χ2v) is 8.70. The summed E-state index contributed by atoms with van der Waals surface area (Å²) in [6.45, 7) is 5.75. The van der Waals surface area contributed by atoms with E-state index in [4.69, 9.17) is 4.74 Å². The number of likely N-dealkylation sites (N-methyl/N-ethyl adjacent to an activating group) is 1. The van der Waals surface area contributed by atoms with Gasteiger partial charge < -0.3 is 14.5 Å². The van der Waals surface area contributed by atoms with Crippen molar-refractivity contribution in [3.63, 3.8) is 0 Å². The monoisotopic (exact) mass is 381 g/mol. The summed E-state index contributed by atoms with van der Waals surface area (Å²) in [5, 5.41) is 0. The molecule has 1 aromatic rings. The van der Waals surface area contributed by atoms with Crippen LogP contribution in [0.2, 0.25) is 0 Å². The lowest BCUT2D eigenvalue weighted by molar-refractivity contribution is -0.136. The average molecular weight is 381 g/mol. The van der Waals surface area contributed by atoms with Crippen molar-refractivity contribution in [2.24, 2.45) is 0 Å². The zero-order valence-electron chi connectivity index (χ0n) is 15.4. The molecule has 0 N–H and O–H groups in total. The molecule has 0 saturated carbocycles. The van der Waals surface area contributed by atoms with Crippen LogP contribution in [0, 0.1) is 0 Å². The Bertz CT molecular complexity index is 727. The second kappa shape index (κ2) is 7.94. The predicted molar refractivity (Wildman–Crippen MR) is 98.6 cm³/mol. The van der Waals surface area contributed by atoms with Crippen molar-refractivity contribution >= 4 is 15.9 Å². The quantitative estimate of drug-likeness (QED) is 0.761. The number of piperazine rings is 1. The summed E-state index contributed by atoms with van der Waals surface area (Å²) in [6.07, 6.45) is 1.29. The van der Waals surface area contributed by atoms with E-state index in [0.29, 0.717) is 44.8 Å². The standard InChI is InChI=1S/C18H27N3O4S/c1-3-25-15-6-8-16(9-7-15)26(23,24)21-10-4-5-17(21)18(22)20-13-11-19(2)12-14-20/h6-9,17H,3-5,10-14H2,1-2H3. The van der Waals surface area contributed by atoms with Crippen molar-refractivity contribution in [3.8, 4) is 5.75 Å². The third kappa shape index (κ3) is 3.87. The first kappa shape index (κ1) is 19.1. The average Bonchev–Trinajstić information content (AvgIpc) is 3.13. The van der Waals surface area contributed by atoms with Gasteiger partial charge in [0, 0.05) is 32.7 Å². The maximum absolute atomic E-state index is 13.1. The number of ether oxygens (including phenoxy) is 1. The summed E-state index contributed by atoms with van der Waals surface area (Å²) < 4.78 is 32.9. The van der Waals surface area contributed by atoms with Crippen LogP contribution in [0.3, 0.4) is 0 Å². The first-order chi connectivity index (χ1) is 12.4. The Hall–Kier alpha value is -1.64. The van der Waals surface area contributed by atoms with Gasteiger partial charge in [0.05, 0.1) is 11.5 Å². The summed E-state index contributed by atoms with van der Waals surface area (Å²) in [4.78, 5) is 17.1. The molecule has 2 heterocycles. The fourth-order valence-electron chi connectivity index (χ4n) is 3.52. The lowest BCUT2D eigenvalue weighted by Gasteiger charge is -2.35. The predicted octanol–water partition coefficient (Wildman–Crippen LogP) is 1.01. The molecule has 0 radical (unpaired) electrons. The van der Waals surface area contributed by atoms with E-state index >= 15 is 0 Å². The molecule has 3 rings (SSSR count). The lowest BCUT2D eigenvalue weighted by Crippen LogP contribution is -2.53. The Balaban J connectivity index is 1.76. The Morgan fingerprint density at radius 3 is 2.38 bits per heavy atom. The molecule has 0 spiro atoms. The van der Waals surface area contributed by atoms with Crippen molar-refractivity contribution in [2.75, 3.05) is 46.4 Å². The van der Waals surface area contributed by atoms with Gasteiger partial charge in [-0.2, -0.15) is 4.31 Å². The number of benzene rings is 1. The molecule has 8 heteroatoms. The molecule has 2 saturated heterocycles. The summed E-state index contributed by atoms with van der Waals surface area (Å²) >= 11 is 0. The minimum atomic E-state index is -3.69. The van der Waals surface area contributed by atoms with Crippen molar-refractivity contribution in [1.29, 1.82) is 0 Å². The van der Waals surface area contributed by atoms with Gasteiger partial charge in [0.25, 0.3) is 0 Å². The number of nitrogens with zero attached hydrogens (tertiary/aromatic N) is 3. The van der Waals surface area contributed by atoms with Gasteiger partial charge >= 0.3 is 0 Å². The van der Waals surface area contributed by atoms with Crippen LogP contribution in [0.4, 0.5) is 0 Å². The van der Waals surface area contributed by atoms with Crippen LogP contribution in [0.5, 0.6) is 5.75 Å². The van der Waals surface area contributed by atoms with Gasteiger partial charge in [-0.25, -0.2) is 8.42 Å². The van der Waals surface area contributed by atoms with E-state index in [0.717, 1.165) is 13.1 Å². The molecule has 2 aliphatic rings. The van der Waals surface area contributed by atoms with E-state index in [1.54, 1.807) is 29.2 Å². The highest BCUT2D eigenvalue weighted by Crippen LogP contribution is 2.28. The van der Waals surface area contributed by atoms with Gasteiger partial charge in [-0.3, -0.25) is 4.79 Å². The number of carbonyl (C=O) groups excluding carboxylic acids is 1. The van der Waals surface area contributed by atoms with Crippen LogP contribution in [-0.2, 0) is 14.8 Å². The van der Waals surface area contributed by atoms with Gasteiger partial charge in [-0.05, 0) is 51.1 Å². The molecule has 1 aromatic carbocycles. The Morgan fingerprint density at radius 2 is 1.77 bits per heavy atom. The molecule has 0 aliphatic carbocycles. The minimum absolute atomic E-state index is 0.0647. The SMILES string of the molecule is CCOc1ccc(S(=O)(=O)N2CCCC2C(=O)N2CCN(C)CC2)cc1. The van der Waals surface area contributed by atoms with Crippen molar-refractivity contribution in [2.45, 2.75) is 30.7 Å². The van der Waals surface area contributed by atoms with E-state index in [1.807, 2.05) is 14.0 Å². The van der Waals surface area contributed by atoms with Crippen molar-refractivity contribution in [1.82, 2.24) is 14.1 Å². The number of hydrogen-bond acceptors (Lipinski definition) is 5. The molecule has 1 amide bonds. The molecular formula is C18H27N3O4S. The summed E-state index contributed by atoms with van der Waals surface area (Å²) in [5.74, 6) is 0.572. The van der Waals surface area contributed by atoms with Gasteiger partial charge in [0.2, 0.25) is 15.9 Å². The van der Waals surface area contributed by atoms with E-state index in [-0.39, 0.29) is 10.8 Å². The van der Waals surface area contributed by atoms with Gasteiger partial charge in [0.1, 0.15) is 11.8 Å². The normalized spacial score (nSPS) is 22.5. The number of amides is 1. The van der Waals surface area contributed by atoms with Crippen LogP contribution in [0.15, 0.2) is 29.2 Å². The zero-order chi connectivity index (χ0) is 18.7. The van der Waals surface area contributed by atoms with Crippen LogP contribution in [-0.4, -0.2) is 80.9 Å². The highest BCUT2D eigenvalue weighted by molar-refractivity contribution is 7.89. The van der Waals surface area contributed by atoms with Crippen LogP contribution in [0.25, 0.3) is 0 Å². The molecule has 1 atom stereocenters. The van der Waals surface area contributed by atoms with Crippen molar-refractivity contribution < 1.29 is 17.9 Å². The van der Waals surface area contributed by atoms with Gasteiger partial charge in [-0.1, -0.05) is 0 Å². The number of sulfonamides is 1. The van der Waals surface area contributed by atoms with E-state index in [2.05, 4.69) is 4.90 Å². The minimum Gasteiger partial charge on any atom is -0.494 e. The Kier molecular flexibility index (Phi) is 5.84. The highest BCUT2D eigenvalue weighted by Gasteiger charge is 2.41. The molecular weight excluding hydrogens is 354 g/mol. The second-order valence-electron chi connectivity index (χ2n) is 6.81. The van der Waals surface area contributed by atoms with Crippen LogP contribution in [0.1, 0.15) is 19.8 Å². The molecule has 0 bridgehead atoms. The largest absolute Gasteiger partial charge is 0.494 e. The summed E-state index contributed by atoms with van der Waals surface area (Å²) in [5.41, 5.74) is 0. The van der Waals surface area contributed by atoms with Gasteiger partial charge in [-0.15, -0.1) is 0 Å². The van der Waals surface area contributed by atoms with E-state index < -0.39 is 16.1 Å². The molecule has 1 unspecified atom stereocenters. The molecule has 7 nitrogen and oxygen atoms in total. The maximum atomic E-state index is 13.1. The zero-order valence-corrected chi connectivity index (χ0v) is 16.2. The first-order valence-electron chi connectivity index (χ1n) is 9.15.